The van der Waals surface area contributed by atoms with Gasteiger partial charge in [0.15, 0.2) is 0 Å². The van der Waals surface area contributed by atoms with Gasteiger partial charge in [-0.05, 0) is 26.9 Å². The Balaban J connectivity index is 0.00000225. The zero-order valence-corrected chi connectivity index (χ0v) is 15.6. The third kappa shape index (κ3) is 4.07. The molecule has 9 heteroatoms. The van der Waals surface area contributed by atoms with E-state index in [1.807, 2.05) is 13.8 Å². The molecule has 3 rings (SSSR count). The minimum Gasteiger partial charge on any atom is -0.441 e. The van der Waals surface area contributed by atoms with Crippen LogP contribution in [0.15, 0.2) is 4.52 Å². The van der Waals surface area contributed by atoms with Crippen molar-refractivity contribution in [1.29, 1.82) is 0 Å². The molecule has 2 aliphatic rings. The van der Waals surface area contributed by atoms with Crippen molar-refractivity contribution >= 4 is 24.4 Å². The van der Waals surface area contributed by atoms with Gasteiger partial charge in [0.25, 0.3) is 0 Å². The van der Waals surface area contributed by atoms with E-state index < -0.39 is 11.7 Å². The summed E-state index contributed by atoms with van der Waals surface area (Å²) in [6.45, 7) is 6.28. The van der Waals surface area contributed by atoms with Crippen molar-refractivity contribution in [2.45, 2.75) is 38.8 Å². The topological polar surface area (TPSA) is 87.9 Å². The van der Waals surface area contributed by atoms with Crippen molar-refractivity contribution < 1.29 is 18.8 Å². The van der Waals surface area contributed by atoms with Crippen molar-refractivity contribution in [2.24, 2.45) is 0 Å². The molecule has 3 heterocycles. The quantitative estimate of drug-likeness (QED) is 0.855. The van der Waals surface area contributed by atoms with E-state index in [1.165, 1.54) is 4.90 Å². The number of aryl methyl sites for hydroxylation is 2. The molecule has 0 aliphatic carbocycles. The van der Waals surface area contributed by atoms with E-state index in [4.69, 9.17) is 9.26 Å². The molecule has 1 aromatic rings. The van der Waals surface area contributed by atoms with Crippen LogP contribution in [0.25, 0.3) is 0 Å². The first kappa shape index (κ1) is 19.5. The molecule has 1 aromatic heterocycles. The lowest BCUT2D eigenvalue weighted by molar-refractivity contribution is -0.131. The van der Waals surface area contributed by atoms with E-state index in [9.17, 15) is 9.59 Å². The zero-order chi connectivity index (χ0) is 17.3. The van der Waals surface area contributed by atoms with E-state index in [0.29, 0.717) is 18.8 Å². The molecule has 0 radical (unpaired) electrons. The minimum absolute atomic E-state index is 0. The molecule has 1 spiro atoms. The molecule has 0 aromatic carbocycles. The maximum atomic E-state index is 12.5. The minimum atomic E-state index is -0.428. The fourth-order valence-electron chi connectivity index (χ4n) is 3.29. The number of amides is 2. The number of carbonyl (C=O) groups excluding carboxylic acids is 2. The summed E-state index contributed by atoms with van der Waals surface area (Å²) in [5, 5.41) is 7.16. The highest BCUT2D eigenvalue weighted by molar-refractivity contribution is 5.85. The number of hydrogen-bond donors (Lipinski definition) is 1. The number of carbonyl (C=O) groups is 2. The van der Waals surface area contributed by atoms with Crippen molar-refractivity contribution in [1.82, 2.24) is 20.3 Å². The van der Waals surface area contributed by atoms with Crippen LogP contribution in [0.4, 0.5) is 4.79 Å². The molecule has 140 valence electrons. The van der Waals surface area contributed by atoms with Gasteiger partial charge in [-0.15, -0.1) is 12.4 Å². The van der Waals surface area contributed by atoms with E-state index in [1.54, 1.807) is 11.9 Å². The van der Waals surface area contributed by atoms with Gasteiger partial charge in [0.2, 0.25) is 5.91 Å². The Kier molecular flexibility index (Phi) is 5.95. The molecule has 8 nitrogen and oxygen atoms in total. The Bertz CT molecular complexity index is 623. The highest BCUT2D eigenvalue weighted by atomic mass is 35.5. The Hall–Kier alpha value is -1.80. The smallest absolute Gasteiger partial charge is 0.410 e. The number of hydrogen-bond acceptors (Lipinski definition) is 6. The first-order valence-corrected chi connectivity index (χ1v) is 8.24. The second kappa shape index (κ2) is 7.61. The van der Waals surface area contributed by atoms with Crippen LogP contribution in [0.5, 0.6) is 0 Å². The summed E-state index contributed by atoms with van der Waals surface area (Å²) in [7, 11) is 1.72. The highest BCUT2D eigenvalue weighted by Gasteiger charge is 2.46. The number of nitrogens with zero attached hydrogens (tertiary/aromatic N) is 3. The normalized spacial score (nSPS) is 18.8. The van der Waals surface area contributed by atoms with Crippen molar-refractivity contribution in [3.63, 3.8) is 0 Å². The lowest BCUT2D eigenvalue weighted by Crippen LogP contribution is -2.46. The van der Waals surface area contributed by atoms with Crippen LogP contribution < -0.4 is 5.32 Å². The summed E-state index contributed by atoms with van der Waals surface area (Å²) in [4.78, 5) is 27.7. The Morgan fingerprint density at radius 1 is 1.36 bits per heavy atom. The number of aromatic nitrogens is 1. The van der Waals surface area contributed by atoms with Crippen LogP contribution in [0, 0.1) is 13.8 Å². The number of likely N-dealkylation sites (N-methyl/N-ethyl adjacent to an activating group) is 1. The van der Waals surface area contributed by atoms with Gasteiger partial charge in [-0.2, -0.15) is 0 Å². The Morgan fingerprint density at radius 2 is 2.04 bits per heavy atom. The summed E-state index contributed by atoms with van der Waals surface area (Å²) < 4.78 is 10.7. The van der Waals surface area contributed by atoms with Gasteiger partial charge >= 0.3 is 6.09 Å². The van der Waals surface area contributed by atoms with E-state index >= 15 is 0 Å². The zero-order valence-electron chi connectivity index (χ0n) is 14.8. The second-order valence-electron chi connectivity index (χ2n) is 6.71. The molecule has 1 N–H and O–H groups in total. The highest BCUT2D eigenvalue weighted by Crippen LogP contribution is 2.31. The van der Waals surface area contributed by atoms with Gasteiger partial charge in [0.05, 0.1) is 18.8 Å². The van der Waals surface area contributed by atoms with Crippen molar-refractivity contribution in [3.8, 4) is 0 Å². The number of ether oxygens (including phenoxy) is 1. The SMILES string of the molecule is Cc1noc(C)c1CN(C)C(=O)CN1CC2(CCNCC2)OC1=O.Cl. The molecule has 25 heavy (non-hydrogen) atoms. The predicted molar refractivity (Wildman–Crippen MR) is 92.6 cm³/mol. The Labute approximate surface area is 153 Å². The maximum Gasteiger partial charge on any atom is 0.410 e. The van der Waals surface area contributed by atoms with Gasteiger partial charge < -0.3 is 19.5 Å². The molecule has 0 bridgehead atoms. The maximum absolute atomic E-state index is 12.5. The summed E-state index contributed by atoms with van der Waals surface area (Å²) in [5.74, 6) is 0.583. The van der Waals surface area contributed by atoms with Gasteiger partial charge in [0.1, 0.15) is 17.9 Å². The van der Waals surface area contributed by atoms with Crippen LogP contribution in [-0.2, 0) is 16.1 Å². The number of halogens is 1. The lowest BCUT2D eigenvalue weighted by atomic mass is 9.92. The first-order valence-electron chi connectivity index (χ1n) is 8.24. The van der Waals surface area contributed by atoms with Gasteiger partial charge in [-0.25, -0.2) is 4.79 Å². The summed E-state index contributed by atoms with van der Waals surface area (Å²) in [6, 6.07) is 0. The number of piperidine rings is 1. The van der Waals surface area contributed by atoms with E-state index in [0.717, 1.165) is 37.2 Å². The third-order valence-electron chi connectivity index (χ3n) is 4.88. The Morgan fingerprint density at radius 3 is 2.64 bits per heavy atom. The molecule has 0 unspecified atom stereocenters. The first-order chi connectivity index (χ1) is 11.4. The van der Waals surface area contributed by atoms with Gasteiger partial charge in [-0.1, -0.05) is 5.16 Å². The molecule has 2 amide bonds. The van der Waals surface area contributed by atoms with Crippen LogP contribution in [0.1, 0.15) is 29.9 Å². The van der Waals surface area contributed by atoms with E-state index in [-0.39, 0.29) is 24.9 Å². The molecule has 0 atom stereocenters. The van der Waals surface area contributed by atoms with Crippen LogP contribution in [0.3, 0.4) is 0 Å². The molecular formula is C16H25ClN4O4. The van der Waals surface area contributed by atoms with Crippen LogP contribution in [0.2, 0.25) is 0 Å². The standard InChI is InChI=1S/C16H24N4O4.ClH/c1-11-13(12(2)24-18-11)8-19(3)14(21)9-20-10-16(23-15(20)22)4-6-17-7-5-16;/h17H,4-10H2,1-3H3;1H. The van der Waals surface area contributed by atoms with Crippen LogP contribution in [-0.4, -0.2) is 65.8 Å². The fraction of sp³-hybridized carbons (Fsp3) is 0.688. The monoisotopic (exact) mass is 372 g/mol. The average Bonchev–Trinajstić information content (AvgIpc) is 3.01. The third-order valence-corrected chi connectivity index (χ3v) is 4.88. The van der Waals surface area contributed by atoms with Crippen molar-refractivity contribution in [2.75, 3.05) is 33.2 Å². The lowest BCUT2D eigenvalue weighted by Gasteiger charge is -2.31. The average molecular weight is 373 g/mol. The molecular weight excluding hydrogens is 348 g/mol. The van der Waals surface area contributed by atoms with E-state index in [2.05, 4.69) is 10.5 Å². The summed E-state index contributed by atoms with van der Waals surface area (Å²) in [6.07, 6.45) is 1.19. The fourth-order valence-corrected chi connectivity index (χ4v) is 3.29. The molecule has 2 aliphatic heterocycles. The largest absolute Gasteiger partial charge is 0.441 e. The van der Waals surface area contributed by atoms with Crippen LogP contribution >= 0.6 is 12.4 Å². The number of rotatable bonds is 4. The molecule has 2 fully saturated rings. The summed E-state index contributed by atoms with van der Waals surface area (Å²) in [5.41, 5.74) is 1.26. The molecule has 2 saturated heterocycles. The second-order valence-corrected chi connectivity index (χ2v) is 6.71. The van der Waals surface area contributed by atoms with Crippen molar-refractivity contribution in [3.05, 3.63) is 17.0 Å². The predicted octanol–water partition coefficient (Wildman–Crippen LogP) is 1.25. The van der Waals surface area contributed by atoms with Gasteiger partial charge in [0, 0.05) is 25.5 Å². The number of nitrogens with one attached hydrogen (secondary N) is 1. The molecule has 0 saturated carbocycles. The summed E-state index contributed by atoms with van der Waals surface area (Å²) >= 11 is 0. The van der Waals surface area contributed by atoms with Gasteiger partial charge in [-0.3, -0.25) is 9.69 Å².